The molecule has 9 nitrogen and oxygen atoms in total. The van der Waals surface area contributed by atoms with Gasteiger partial charge in [0.15, 0.2) is 10.9 Å². The van der Waals surface area contributed by atoms with Gasteiger partial charge in [0.25, 0.3) is 5.56 Å². The van der Waals surface area contributed by atoms with Crippen LogP contribution in [0.5, 0.6) is 0 Å². The Morgan fingerprint density at radius 1 is 1.05 bits per heavy atom. The molecule has 0 bridgehead atoms. The Balaban J connectivity index is 1.26. The zero-order valence-electron chi connectivity index (χ0n) is 24.3. The number of carbonyl (C=O) groups is 1. The third-order valence-corrected chi connectivity index (χ3v) is 8.92. The van der Waals surface area contributed by atoms with E-state index < -0.39 is 5.56 Å². The molecule has 1 fully saturated rings. The molecule has 1 unspecified atom stereocenters. The van der Waals surface area contributed by atoms with Gasteiger partial charge in [0.05, 0.1) is 12.1 Å². The maximum Gasteiger partial charge on any atom is 0.263 e. The third kappa shape index (κ3) is 5.57. The van der Waals surface area contributed by atoms with Crippen molar-refractivity contribution in [1.29, 1.82) is 0 Å². The van der Waals surface area contributed by atoms with E-state index in [1.165, 1.54) is 29.7 Å². The predicted molar refractivity (Wildman–Crippen MR) is 173 cm³/mol. The van der Waals surface area contributed by atoms with E-state index in [0.717, 1.165) is 29.6 Å². The van der Waals surface area contributed by atoms with E-state index in [-0.39, 0.29) is 17.9 Å². The van der Waals surface area contributed by atoms with Gasteiger partial charge in [-0.15, -0.1) is 11.3 Å². The van der Waals surface area contributed by atoms with Crippen LogP contribution in [0.1, 0.15) is 45.9 Å². The second kappa shape index (κ2) is 12.0. The molecule has 0 saturated carbocycles. The number of rotatable bonds is 8. The molecule has 5 heterocycles. The standard InChI is InChI=1S/C34H31N7O2S/c1-39-16-5-9-25(21-39)23-11-13-27(14-12-23)37-33-36-20-26-19-29(30(42)24-7-3-2-4-8-24)32(43)41(31(26)38-33)22-28-10-6-17-40(28)34-35-15-18-44-34/h2-4,6-8,10-15,17-20,25H,5,9,16,21-22H2,1H3,(H,36,37,38). The van der Waals surface area contributed by atoms with Gasteiger partial charge in [-0.05, 0) is 68.2 Å². The minimum atomic E-state index is -0.412. The first-order valence-electron chi connectivity index (χ1n) is 14.7. The Hall–Kier alpha value is -4.93. The van der Waals surface area contributed by atoms with Crippen LogP contribution in [-0.2, 0) is 6.54 Å². The largest absolute Gasteiger partial charge is 0.324 e. The van der Waals surface area contributed by atoms with Crippen LogP contribution in [0.2, 0.25) is 0 Å². The smallest absolute Gasteiger partial charge is 0.263 e. The van der Waals surface area contributed by atoms with Crippen LogP contribution < -0.4 is 10.9 Å². The fraction of sp³-hybridized carbons (Fsp3) is 0.206. The Labute approximate surface area is 258 Å². The normalized spacial score (nSPS) is 15.4. The second-order valence-electron chi connectivity index (χ2n) is 11.1. The first kappa shape index (κ1) is 27.9. The molecule has 0 spiro atoms. The van der Waals surface area contributed by atoms with Crippen LogP contribution in [0.3, 0.4) is 0 Å². The van der Waals surface area contributed by atoms with Gasteiger partial charge in [0, 0.05) is 52.8 Å². The summed E-state index contributed by atoms with van der Waals surface area (Å²) in [4.78, 5) is 43.7. The zero-order valence-corrected chi connectivity index (χ0v) is 25.1. The molecule has 0 amide bonds. The number of likely N-dealkylation sites (tertiary alicyclic amines) is 1. The molecule has 4 aromatic heterocycles. The summed E-state index contributed by atoms with van der Waals surface area (Å²) in [6.07, 6.45) is 7.73. The van der Waals surface area contributed by atoms with Crippen molar-refractivity contribution in [3.63, 3.8) is 0 Å². The number of nitrogens with zero attached hydrogens (tertiary/aromatic N) is 6. The van der Waals surface area contributed by atoms with Crippen LogP contribution in [0.25, 0.3) is 16.2 Å². The maximum atomic E-state index is 14.0. The van der Waals surface area contributed by atoms with Crippen molar-refractivity contribution >= 4 is 39.8 Å². The fourth-order valence-corrected chi connectivity index (χ4v) is 6.57. The van der Waals surface area contributed by atoms with E-state index in [0.29, 0.717) is 28.5 Å². The lowest BCUT2D eigenvalue weighted by Crippen LogP contribution is -2.30. The number of aromatic nitrogens is 5. The molecule has 10 heteroatoms. The summed E-state index contributed by atoms with van der Waals surface area (Å²) in [5.41, 5.74) is 3.57. The third-order valence-electron chi connectivity index (χ3n) is 8.15. The lowest BCUT2D eigenvalue weighted by atomic mass is 9.91. The molecule has 1 N–H and O–H groups in total. The quantitative estimate of drug-likeness (QED) is 0.218. The van der Waals surface area contributed by atoms with E-state index in [1.54, 1.807) is 47.3 Å². The summed E-state index contributed by atoms with van der Waals surface area (Å²) in [5, 5.41) is 6.60. The number of fused-ring (bicyclic) bond motifs is 1. The number of piperidine rings is 1. The number of likely N-dealkylation sites (N-methyl/N-ethyl adjacent to an activating group) is 1. The van der Waals surface area contributed by atoms with Crippen LogP contribution in [-0.4, -0.2) is 54.9 Å². The summed E-state index contributed by atoms with van der Waals surface area (Å²) < 4.78 is 3.50. The first-order valence-corrected chi connectivity index (χ1v) is 15.5. The highest BCUT2D eigenvalue weighted by atomic mass is 32.1. The number of thiazole rings is 1. The Kier molecular flexibility index (Phi) is 7.59. The maximum absolute atomic E-state index is 14.0. The molecule has 1 aliphatic rings. The van der Waals surface area contributed by atoms with Crippen LogP contribution in [0.15, 0.2) is 102 Å². The molecule has 1 aliphatic heterocycles. The number of carbonyl (C=O) groups excluding carboxylic acids is 1. The molecule has 1 saturated heterocycles. The van der Waals surface area contributed by atoms with Crippen molar-refractivity contribution in [2.75, 3.05) is 25.5 Å². The summed E-state index contributed by atoms with van der Waals surface area (Å²) in [5.74, 6) is 0.562. The summed E-state index contributed by atoms with van der Waals surface area (Å²) >= 11 is 1.50. The summed E-state index contributed by atoms with van der Waals surface area (Å²) in [7, 11) is 2.18. The van der Waals surface area contributed by atoms with E-state index >= 15 is 0 Å². The average molecular weight is 602 g/mol. The minimum absolute atomic E-state index is 0.0734. The minimum Gasteiger partial charge on any atom is -0.324 e. The Morgan fingerprint density at radius 3 is 2.66 bits per heavy atom. The van der Waals surface area contributed by atoms with Crippen LogP contribution in [0.4, 0.5) is 11.6 Å². The predicted octanol–water partition coefficient (Wildman–Crippen LogP) is 5.87. The first-order chi connectivity index (χ1) is 21.5. The average Bonchev–Trinajstić information content (AvgIpc) is 3.75. The number of ketones is 1. The van der Waals surface area contributed by atoms with Gasteiger partial charge in [-0.3, -0.25) is 18.7 Å². The molecule has 0 radical (unpaired) electrons. The van der Waals surface area contributed by atoms with Crippen molar-refractivity contribution in [3.8, 4) is 5.13 Å². The van der Waals surface area contributed by atoms with Crippen molar-refractivity contribution in [2.45, 2.75) is 25.3 Å². The van der Waals surface area contributed by atoms with Gasteiger partial charge in [-0.1, -0.05) is 42.5 Å². The van der Waals surface area contributed by atoms with E-state index in [4.69, 9.17) is 4.98 Å². The van der Waals surface area contributed by atoms with Crippen molar-refractivity contribution in [1.82, 2.24) is 29.0 Å². The number of pyridine rings is 1. The Bertz CT molecular complexity index is 1980. The lowest BCUT2D eigenvalue weighted by molar-refractivity contribution is 0.103. The molecule has 220 valence electrons. The Morgan fingerprint density at radius 2 is 1.89 bits per heavy atom. The number of nitrogens with one attached hydrogen (secondary N) is 1. The highest BCUT2D eigenvalue weighted by Crippen LogP contribution is 2.28. The van der Waals surface area contributed by atoms with E-state index in [1.807, 2.05) is 46.5 Å². The van der Waals surface area contributed by atoms with Gasteiger partial charge in [-0.2, -0.15) is 4.98 Å². The van der Waals surface area contributed by atoms with Crippen molar-refractivity contribution < 1.29 is 4.79 Å². The molecule has 2 aromatic carbocycles. The van der Waals surface area contributed by atoms with Crippen molar-refractivity contribution in [2.24, 2.45) is 0 Å². The second-order valence-corrected chi connectivity index (χ2v) is 12.0. The monoisotopic (exact) mass is 601 g/mol. The highest BCUT2D eigenvalue weighted by Gasteiger charge is 2.21. The molecule has 1 atom stereocenters. The lowest BCUT2D eigenvalue weighted by Gasteiger charge is -2.30. The number of hydrogen-bond acceptors (Lipinski definition) is 8. The molecule has 7 rings (SSSR count). The molecular formula is C34H31N7O2S. The summed E-state index contributed by atoms with van der Waals surface area (Å²) in [6, 6.07) is 22.7. The van der Waals surface area contributed by atoms with Gasteiger partial charge >= 0.3 is 0 Å². The molecule has 0 aliphatic carbocycles. The topological polar surface area (TPSA) is 97.9 Å². The highest BCUT2D eigenvalue weighted by molar-refractivity contribution is 7.12. The van der Waals surface area contributed by atoms with Crippen LogP contribution in [0, 0.1) is 0 Å². The molecule has 6 aromatic rings. The van der Waals surface area contributed by atoms with Crippen LogP contribution >= 0.6 is 11.3 Å². The van der Waals surface area contributed by atoms with E-state index in [9.17, 15) is 9.59 Å². The van der Waals surface area contributed by atoms with Gasteiger partial charge in [-0.25, -0.2) is 9.97 Å². The summed E-state index contributed by atoms with van der Waals surface area (Å²) in [6.45, 7) is 2.41. The molecule has 44 heavy (non-hydrogen) atoms. The number of benzene rings is 2. The number of anilines is 2. The van der Waals surface area contributed by atoms with Gasteiger partial charge in [0.1, 0.15) is 5.65 Å². The SMILES string of the molecule is CN1CCCC(c2ccc(Nc3ncc4cc(C(=O)c5ccccc5)c(=O)n(Cc5cccn5-c5nccs5)c4n3)cc2)C1. The zero-order chi connectivity index (χ0) is 30.0. The van der Waals surface area contributed by atoms with Gasteiger partial charge < -0.3 is 10.2 Å². The van der Waals surface area contributed by atoms with Gasteiger partial charge in [0.2, 0.25) is 5.95 Å². The van der Waals surface area contributed by atoms with Crippen molar-refractivity contribution in [3.05, 3.63) is 130 Å². The number of hydrogen-bond donors (Lipinski definition) is 1. The van der Waals surface area contributed by atoms with E-state index in [2.05, 4.69) is 39.4 Å². The molecular weight excluding hydrogens is 570 g/mol. The fourth-order valence-electron chi connectivity index (χ4n) is 5.91.